The van der Waals surface area contributed by atoms with Gasteiger partial charge in [0.2, 0.25) is 17.6 Å². The largest absolute Gasteiger partial charge is 0.509 e. The zero-order chi connectivity index (χ0) is 62.7. The first-order valence-corrected chi connectivity index (χ1v) is 30.6. The van der Waals surface area contributed by atoms with Crippen LogP contribution in [-0.4, -0.2) is 156 Å². The summed E-state index contributed by atoms with van der Waals surface area (Å²) in [5, 5.41) is 31.2. The van der Waals surface area contributed by atoms with Crippen molar-refractivity contribution >= 4 is 47.1 Å². The first kappa shape index (κ1) is 66.5. The summed E-state index contributed by atoms with van der Waals surface area (Å²) in [6.07, 6.45) is 2.26. The number of rotatable bonds is 27. The highest BCUT2D eigenvalue weighted by Gasteiger charge is 2.76. The van der Waals surface area contributed by atoms with Crippen LogP contribution in [0.1, 0.15) is 144 Å². The number of aliphatic hydroxyl groups excluding tert-OH is 2. The highest BCUT2D eigenvalue weighted by molar-refractivity contribution is 6.01. The lowest BCUT2D eigenvalue weighted by Gasteiger charge is -2.59. The van der Waals surface area contributed by atoms with Crippen LogP contribution in [0.3, 0.4) is 0 Å². The molecule has 476 valence electrons. The number of hydrogen-bond acceptors (Lipinski definition) is 19. The van der Waals surface area contributed by atoms with E-state index in [0.29, 0.717) is 30.4 Å². The minimum absolute atomic E-state index is 0.0135. The number of nitrogens with two attached hydrogens (primary N) is 2. The van der Waals surface area contributed by atoms with Crippen LogP contribution in [-0.2, 0) is 79.7 Å². The number of carbonyl (C=O) groups is 8. The minimum atomic E-state index is -1.48. The van der Waals surface area contributed by atoms with Crippen molar-refractivity contribution in [1.29, 1.82) is 0 Å². The molecule has 23 nitrogen and oxygen atoms in total. The number of hydrogen-bond donors (Lipinski definition) is 7. The lowest BCUT2D eigenvalue weighted by molar-refractivity contribution is -0.200. The molecular weight excluding hydrogens is 1110 g/mol. The summed E-state index contributed by atoms with van der Waals surface area (Å²) in [6.45, 7) is 15.9. The summed E-state index contributed by atoms with van der Waals surface area (Å²) in [5.74, 6) is -5.66. The fourth-order valence-corrected chi connectivity index (χ4v) is 14.8. The van der Waals surface area contributed by atoms with E-state index in [4.69, 9.17) is 49.4 Å². The minimum Gasteiger partial charge on any atom is -0.429 e. The van der Waals surface area contributed by atoms with Crippen LogP contribution in [0.5, 0.6) is 0 Å². The third-order valence-corrected chi connectivity index (χ3v) is 19.1. The van der Waals surface area contributed by atoms with Crippen molar-refractivity contribution in [2.75, 3.05) is 26.3 Å². The number of aliphatic hydroxyl groups is 2. The Hall–Kier alpha value is -5.50. The Labute approximate surface area is 503 Å². The van der Waals surface area contributed by atoms with Gasteiger partial charge in [0, 0.05) is 55.0 Å². The molecule has 1 unspecified atom stereocenters. The van der Waals surface area contributed by atoms with E-state index >= 15 is 0 Å². The van der Waals surface area contributed by atoms with Crippen LogP contribution in [0.15, 0.2) is 48.1 Å². The van der Waals surface area contributed by atoms with Gasteiger partial charge in [-0.3, -0.25) is 28.8 Å². The van der Waals surface area contributed by atoms with Crippen molar-refractivity contribution in [2.45, 2.75) is 218 Å². The van der Waals surface area contributed by atoms with Crippen molar-refractivity contribution in [1.82, 2.24) is 16.0 Å². The second-order valence-electron chi connectivity index (χ2n) is 26.3. The molecule has 3 saturated heterocycles. The first-order chi connectivity index (χ1) is 40.5. The molecule has 1 aromatic carbocycles. The molecule has 23 heteroatoms. The maximum absolute atomic E-state index is 14.7. The molecular formula is C63H91N5O18. The van der Waals surface area contributed by atoms with Gasteiger partial charge in [-0.25, -0.2) is 9.59 Å². The molecule has 4 amide bonds. The number of urea groups is 1. The molecule has 3 heterocycles. The maximum atomic E-state index is 14.7. The lowest BCUT2D eigenvalue weighted by Crippen LogP contribution is -2.63. The van der Waals surface area contributed by atoms with Gasteiger partial charge < -0.3 is 75.5 Å². The molecule has 7 aliphatic rings. The SMILES string of the molecule is CCCC1O[C@@H]2C[C@H]3[C@@H]4CCC5=CC(=O)C=C[C@]5(C)[C@H]4[C@@H](O)C[C@]3(C)[C@]2(C(=O)COC(=O)OCc2ccc(CC(=O)[C@H](CCCNC(N)=O)NC(=O)[C@@H](CC(=O)[C@H](N)CCC(=O)NC[C@H](O)[C@H]3OC(C)(C)O[C@@H]3[C@H]3COC(C)(C)O3)C(C)C)cc2)O1. The van der Waals surface area contributed by atoms with Gasteiger partial charge in [-0.2, -0.15) is 0 Å². The van der Waals surface area contributed by atoms with E-state index in [0.717, 1.165) is 18.4 Å². The Bertz CT molecular complexity index is 2750. The van der Waals surface area contributed by atoms with Gasteiger partial charge in [-0.05, 0) is 120 Å². The van der Waals surface area contributed by atoms with E-state index in [2.05, 4.69) is 22.9 Å². The van der Waals surface area contributed by atoms with Gasteiger partial charge in [0.25, 0.3) is 0 Å². The molecule has 8 rings (SSSR count). The molecule has 3 aliphatic heterocycles. The van der Waals surface area contributed by atoms with E-state index in [9.17, 15) is 48.6 Å². The Morgan fingerprint density at radius 2 is 1.62 bits per heavy atom. The second kappa shape index (κ2) is 27.1. The maximum Gasteiger partial charge on any atom is 0.509 e. The number of ketones is 4. The van der Waals surface area contributed by atoms with Crippen LogP contribution in [0, 0.1) is 40.4 Å². The molecule has 0 aromatic heterocycles. The number of ether oxygens (including phenoxy) is 8. The van der Waals surface area contributed by atoms with Crippen molar-refractivity contribution in [3.05, 3.63) is 59.2 Å². The fourth-order valence-electron chi connectivity index (χ4n) is 14.8. The highest BCUT2D eigenvalue weighted by Crippen LogP contribution is 2.70. The molecule has 9 N–H and O–H groups in total. The number of primary amides is 1. The van der Waals surface area contributed by atoms with E-state index in [1.165, 1.54) is 0 Å². The third-order valence-electron chi connectivity index (χ3n) is 19.1. The number of nitrogens with one attached hydrogen (secondary N) is 3. The Morgan fingerprint density at radius 1 is 0.895 bits per heavy atom. The highest BCUT2D eigenvalue weighted by atomic mass is 16.8. The molecule has 0 radical (unpaired) electrons. The zero-order valence-corrected chi connectivity index (χ0v) is 51.2. The lowest BCUT2D eigenvalue weighted by atomic mass is 9.46. The summed E-state index contributed by atoms with van der Waals surface area (Å²) in [6, 6.07) is 3.81. The summed E-state index contributed by atoms with van der Waals surface area (Å²) >= 11 is 0. The standard InChI is InChI=1S/C63H91N5O18/c1-10-12-52-82-50-28-41-39-19-18-37-26-38(69)22-23-61(37,8)53(39)46(72)29-62(41,9)63(50,84-52)49(74)33-80-58(78)79-31-36-16-14-35(15-17-36)25-45(71)43(13-11-24-66-57(65)77)68-56(76)40(34(2)3)27-44(70)42(64)20-21-51(75)67-30-47(73)54-55(86-60(6,7)85-54)48-32-81-59(4,5)83-48/h14-17,22-23,26,34,39-43,46-48,50,52-55,72-73H,10-13,18-21,24-25,27-33,64H2,1-9H3,(H,67,75)(H,68,76)(H3,65,66,77)/t39-,40-,41-,42+,43-,46-,47-,48+,50+,52?,53+,54+,55+,61-,62-,63+/m0/s1. The number of fused-ring (bicyclic) bond motifs is 7. The molecule has 4 aliphatic carbocycles. The van der Waals surface area contributed by atoms with Crippen molar-refractivity contribution < 1.29 is 86.5 Å². The van der Waals surface area contributed by atoms with Crippen LogP contribution in [0.2, 0.25) is 0 Å². The van der Waals surface area contributed by atoms with Gasteiger partial charge in [0.1, 0.15) is 36.8 Å². The van der Waals surface area contributed by atoms with Gasteiger partial charge in [-0.15, -0.1) is 0 Å². The molecule has 86 heavy (non-hydrogen) atoms. The molecule has 1 aromatic rings. The quantitative estimate of drug-likeness (QED) is 0.0467. The van der Waals surface area contributed by atoms with Crippen molar-refractivity contribution in [3.8, 4) is 0 Å². The van der Waals surface area contributed by atoms with Crippen LogP contribution >= 0.6 is 0 Å². The monoisotopic (exact) mass is 1210 g/mol. The average molecular weight is 1210 g/mol. The van der Waals surface area contributed by atoms with Crippen LogP contribution in [0.4, 0.5) is 9.59 Å². The number of Topliss-reactive ketones (excluding diaryl/α,β-unsaturated/α-hetero) is 3. The number of allylic oxidation sites excluding steroid dienone is 4. The third kappa shape index (κ3) is 14.6. The van der Waals surface area contributed by atoms with Gasteiger partial charge in [0.15, 0.2) is 41.6 Å². The summed E-state index contributed by atoms with van der Waals surface area (Å²) in [5.41, 5.74) is 10.9. The number of amides is 4. The molecule has 0 spiro atoms. The van der Waals surface area contributed by atoms with E-state index in [1.54, 1.807) is 78.0 Å². The van der Waals surface area contributed by atoms with E-state index in [-0.39, 0.29) is 106 Å². The predicted molar refractivity (Wildman–Crippen MR) is 309 cm³/mol. The predicted octanol–water partition coefficient (Wildman–Crippen LogP) is 4.61. The van der Waals surface area contributed by atoms with Gasteiger partial charge in [0.05, 0.1) is 30.9 Å². The molecule has 6 fully saturated rings. The second-order valence-corrected chi connectivity index (χ2v) is 26.3. The normalized spacial score (nSPS) is 32.5. The molecule has 3 saturated carbocycles. The van der Waals surface area contributed by atoms with Crippen LogP contribution < -0.4 is 27.4 Å². The zero-order valence-electron chi connectivity index (χ0n) is 51.2. The van der Waals surface area contributed by atoms with Gasteiger partial charge >= 0.3 is 12.2 Å². The fraction of sp³-hybridized carbons (Fsp3) is 0.714. The Morgan fingerprint density at radius 3 is 2.29 bits per heavy atom. The first-order valence-electron chi connectivity index (χ1n) is 30.6. The van der Waals surface area contributed by atoms with Gasteiger partial charge in [-0.1, -0.05) is 77.0 Å². The molecule has 16 atom stereocenters. The van der Waals surface area contributed by atoms with Crippen molar-refractivity contribution in [2.24, 2.45) is 51.9 Å². The van der Waals surface area contributed by atoms with Crippen molar-refractivity contribution in [3.63, 3.8) is 0 Å². The summed E-state index contributed by atoms with van der Waals surface area (Å²) < 4.78 is 47.8. The summed E-state index contributed by atoms with van der Waals surface area (Å²) in [4.78, 5) is 106. The Kier molecular flexibility index (Phi) is 20.9. The Balaban J connectivity index is 0.813. The number of carbonyl (C=O) groups excluding carboxylic acids is 8. The van der Waals surface area contributed by atoms with Crippen LogP contribution in [0.25, 0.3) is 0 Å². The average Bonchev–Trinajstić information content (AvgIpc) is 1.47. The topological polar surface area (TPSA) is 339 Å². The van der Waals surface area contributed by atoms with E-state index in [1.807, 2.05) is 19.9 Å². The molecule has 0 bridgehead atoms. The summed E-state index contributed by atoms with van der Waals surface area (Å²) in [7, 11) is 0. The number of benzene rings is 1. The van der Waals surface area contributed by atoms with E-state index < -0.39 is 131 Å². The smallest absolute Gasteiger partial charge is 0.429 e.